The Kier molecular flexibility index (Phi) is 3.54. The van der Waals surface area contributed by atoms with E-state index in [1.165, 1.54) is 12.0 Å². The van der Waals surface area contributed by atoms with Crippen molar-refractivity contribution >= 4 is 0 Å². The van der Waals surface area contributed by atoms with E-state index in [-0.39, 0.29) is 5.54 Å². The summed E-state index contributed by atoms with van der Waals surface area (Å²) < 4.78 is 1.88. The minimum absolute atomic E-state index is 0.259. The smallest absolute Gasteiger partial charge is 0.0534 e. The van der Waals surface area contributed by atoms with Gasteiger partial charge in [-0.2, -0.15) is 5.10 Å². The highest BCUT2D eigenvalue weighted by Gasteiger charge is 2.32. The van der Waals surface area contributed by atoms with E-state index in [4.69, 9.17) is 0 Å². The molecule has 1 N–H and O–H groups in total. The third-order valence-corrected chi connectivity index (χ3v) is 3.92. The molecule has 0 saturated carbocycles. The average molecular weight is 236 g/mol. The maximum atomic E-state index is 4.24. The SMILES string of the molecule is CCC1(C)CN(Cc2cnn(C)c2)C(C)CN1. The fourth-order valence-electron chi connectivity index (χ4n) is 2.42. The lowest BCUT2D eigenvalue weighted by molar-refractivity contribution is 0.0866. The predicted molar refractivity (Wildman–Crippen MR) is 69.8 cm³/mol. The third-order valence-electron chi connectivity index (χ3n) is 3.92. The first-order chi connectivity index (χ1) is 8.02. The van der Waals surface area contributed by atoms with Crippen LogP contribution in [0, 0.1) is 0 Å². The lowest BCUT2D eigenvalue weighted by Crippen LogP contribution is -2.61. The summed E-state index contributed by atoms with van der Waals surface area (Å²) >= 11 is 0. The topological polar surface area (TPSA) is 33.1 Å². The summed E-state index contributed by atoms with van der Waals surface area (Å²) in [6, 6.07) is 0.592. The lowest BCUT2D eigenvalue weighted by Gasteiger charge is -2.44. The van der Waals surface area contributed by atoms with Gasteiger partial charge < -0.3 is 5.32 Å². The van der Waals surface area contributed by atoms with Crippen LogP contribution in [0.5, 0.6) is 0 Å². The molecule has 4 nitrogen and oxygen atoms in total. The summed E-state index contributed by atoms with van der Waals surface area (Å²) in [6.07, 6.45) is 5.25. The molecule has 0 amide bonds. The van der Waals surface area contributed by atoms with Gasteiger partial charge in [-0.05, 0) is 20.3 Å². The highest BCUT2D eigenvalue weighted by atomic mass is 15.3. The van der Waals surface area contributed by atoms with E-state index in [0.717, 1.165) is 19.6 Å². The summed E-state index contributed by atoms with van der Waals surface area (Å²) in [5.41, 5.74) is 1.56. The van der Waals surface area contributed by atoms with Crippen molar-refractivity contribution in [3.05, 3.63) is 18.0 Å². The molecule has 2 atom stereocenters. The van der Waals surface area contributed by atoms with E-state index in [1.54, 1.807) is 0 Å². The number of rotatable bonds is 3. The van der Waals surface area contributed by atoms with Crippen LogP contribution in [0.4, 0.5) is 0 Å². The highest BCUT2D eigenvalue weighted by Crippen LogP contribution is 2.20. The number of nitrogens with zero attached hydrogens (tertiary/aromatic N) is 3. The number of aryl methyl sites for hydroxylation is 1. The van der Waals surface area contributed by atoms with Crippen LogP contribution in [0.2, 0.25) is 0 Å². The van der Waals surface area contributed by atoms with E-state index >= 15 is 0 Å². The zero-order chi connectivity index (χ0) is 12.5. The fourth-order valence-corrected chi connectivity index (χ4v) is 2.42. The highest BCUT2D eigenvalue weighted by molar-refractivity contribution is 5.05. The van der Waals surface area contributed by atoms with Gasteiger partial charge in [0.15, 0.2) is 0 Å². The molecule has 1 saturated heterocycles. The van der Waals surface area contributed by atoms with Gasteiger partial charge in [0.05, 0.1) is 6.20 Å². The fraction of sp³-hybridized carbons (Fsp3) is 0.769. The number of piperazine rings is 1. The van der Waals surface area contributed by atoms with Crippen molar-refractivity contribution in [2.24, 2.45) is 7.05 Å². The second-order valence-electron chi connectivity index (χ2n) is 5.57. The van der Waals surface area contributed by atoms with Crippen molar-refractivity contribution in [1.82, 2.24) is 20.0 Å². The number of hydrogen-bond donors (Lipinski definition) is 1. The molecule has 0 aliphatic carbocycles. The Labute approximate surface area is 104 Å². The van der Waals surface area contributed by atoms with Crippen molar-refractivity contribution in [1.29, 1.82) is 0 Å². The van der Waals surface area contributed by atoms with E-state index in [2.05, 4.69) is 42.3 Å². The van der Waals surface area contributed by atoms with Crippen LogP contribution in [-0.4, -0.2) is 39.4 Å². The van der Waals surface area contributed by atoms with Gasteiger partial charge in [-0.3, -0.25) is 9.58 Å². The molecule has 2 heterocycles. The quantitative estimate of drug-likeness (QED) is 0.861. The number of hydrogen-bond acceptors (Lipinski definition) is 3. The molecular formula is C13H24N4. The van der Waals surface area contributed by atoms with Gasteiger partial charge in [0, 0.05) is 50.0 Å². The minimum Gasteiger partial charge on any atom is -0.309 e. The molecule has 0 bridgehead atoms. The molecule has 4 heteroatoms. The van der Waals surface area contributed by atoms with Crippen LogP contribution < -0.4 is 5.32 Å². The molecule has 1 aromatic rings. The standard InChI is InChI=1S/C13H24N4/c1-5-13(3)10-17(11(2)6-14-13)9-12-7-15-16(4)8-12/h7-8,11,14H,5-6,9-10H2,1-4H3. The monoisotopic (exact) mass is 236 g/mol. The van der Waals surface area contributed by atoms with Gasteiger partial charge >= 0.3 is 0 Å². The van der Waals surface area contributed by atoms with Crippen molar-refractivity contribution in [3.63, 3.8) is 0 Å². The molecule has 1 aromatic heterocycles. The maximum Gasteiger partial charge on any atom is 0.0534 e. The van der Waals surface area contributed by atoms with Crippen molar-refractivity contribution in [2.45, 2.75) is 45.3 Å². The Morgan fingerprint density at radius 2 is 2.35 bits per heavy atom. The number of nitrogens with one attached hydrogen (secondary N) is 1. The Hall–Kier alpha value is -0.870. The molecule has 0 aromatic carbocycles. The second kappa shape index (κ2) is 4.78. The van der Waals surface area contributed by atoms with Crippen molar-refractivity contribution in [2.75, 3.05) is 13.1 Å². The molecule has 2 rings (SSSR count). The average Bonchev–Trinajstić information content (AvgIpc) is 2.70. The zero-order valence-electron chi connectivity index (χ0n) is 11.4. The summed E-state index contributed by atoms with van der Waals surface area (Å²) in [6.45, 7) is 10.1. The maximum absolute atomic E-state index is 4.24. The van der Waals surface area contributed by atoms with E-state index in [9.17, 15) is 0 Å². The molecule has 1 aliphatic heterocycles. The molecule has 2 unspecified atom stereocenters. The summed E-state index contributed by atoms with van der Waals surface area (Å²) in [4.78, 5) is 2.55. The van der Waals surface area contributed by atoms with Crippen LogP contribution >= 0.6 is 0 Å². The first-order valence-electron chi connectivity index (χ1n) is 6.49. The van der Waals surface area contributed by atoms with Crippen LogP contribution in [0.1, 0.15) is 32.8 Å². The summed E-state index contributed by atoms with van der Waals surface area (Å²) in [5.74, 6) is 0. The van der Waals surface area contributed by atoms with E-state index in [0.29, 0.717) is 6.04 Å². The lowest BCUT2D eigenvalue weighted by atomic mass is 9.93. The Bertz CT molecular complexity index is 373. The predicted octanol–water partition coefficient (Wildman–Crippen LogP) is 1.38. The third kappa shape index (κ3) is 2.87. The first-order valence-corrected chi connectivity index (χ1v) is 6.49. The minimum atomic E-state index is 0.259. The van der Waals surface area contributed by atoms with Gasteiger partial charge in [0.2, 0.25) is 0 Å². The van der Waals surface area contributed by atoms with Gasteiger partial charge in [0.1, 0.15) is 0 Å². The summed E-state index contributed by atoms with van der Waals surface area (Å²) in [5, 5.41) is 7.89. The van der Waals surface area contributed by atoms with Crippen LogP contribution in [-0.2, 0) is 13.6 Å². The van der Waals surface area contributed by atoms with Gasteiger partial charge in [-0.15, -0.1) is 0 Å². The molecule has 1 fully saturated rings. The first kappa shape index (κ1) is 12.6. The van der Waals surface area contributed by atoms with Gasteiger partial charge in [-0.1, -0.05) is 6.92 Å². The van der Waals surface area contributed by atoms with E-state index < -0.39 is 0 Å². The van der Waals surface area contributed by atoms with E-state index in [1.807, 2.05) is 17.9 Å². The zero-order valence-corrected chi connectivity index (χ0v) is 11.4. The second-order valence-corrected chi connectivity index (χ2v) is 5.57. The Balaban J connectivity index is 2.03. The molecule has 96 valence electrons. The van der Waals surface area contributed by atoms with Gasteiger partial charge in [-0.25, -0.2) is 0 Å². The van der Waals surface area contributed by atoms with Crippen molar-refractivity contribution in [3.8, 4) is 0 Å². The van der Waals surface area contributed by atoms with Crippen LogP contribution in [0.25, 0.3) is 0 Å². The molecule has 17 heavy (non-hydrogen) atoms. The molecule has 1 aliphatic rings. The number of aromatic nitrogens is 2. The van der Waals surface area contributed by atoms with Gasteiger partial charge in [0.25, 0.3) is 0 Å². The normalized spacial score (nSPS) is 30.7. The molecule has 0 spiro atoms. The Morgan fingerprint density at radius 1 is 1.59 bits per heavy atom. The Morgan fingerprint density at radius 3 is 2.94 bits per heavy atom. The van der Waals surface area contributed by atoms with Crippen LogP contribution in [0.15, 0.2) is 12.4 Å². The van der Waals surface area contributed by atoms with Crippen LogP contribution in [0.3, 0.4) is 0 Å². The largest absolute Gasteiger partial charge is 0.309 e. The molecular weight excluding hydrogens is 212 g/mol. The molecule has 0 radical (unpaired) electrons. The van der Waals surface area contributed by atoms with Crippen molar-refractivity contribution < 1.29 is 0 Å². The summed E-state index contributed by atoms with van der Waals surface area (Å²) in [7, 11) is 1.97.